The van der Waals surface area contributed by atoms with Gasteiger partial charge < -0.3 is 0 Å². The molecule has 0 saturated heterocycles. The first kappa shape index (κ1) is 13.1. The van der Waals surface area contributed by atoms with Crippen LogP contribution in [0, 0.1) is 5.92 Å². The summed E-state index contributed by atoms with van der Waals surface area (Å²) < 4.78 is 0. The Hall–Kier alpha value is 0.0649. The Morgan fingerprint density at radius 3 is 1.47 bits per heavy atom. The van der Waals surface area contributed by atoms with Gasteiger partial charge in [-0.15, -0.1) is 0 Å². The Labute approximate surface area is 97.6 Å². The summed E-state index contributed by atoms with van der Waals surface area (Å²) in [7, 11) is 5.68. The highest BCUT2D eigenvalue weighted by atomic mass is 14.1. The normalized spacial score (nSPS) is 22.9. The molecule has 0 aliphatic heterocycles. The third-order valence-electron chi connectivity index (χ3n) is 3.80. The standard InChI is InChI=1S/C14H27B/c15-13-12-14-10-8-6-4-2-1-3-5-7-9-11-14/h14H,1-13H2. The zero-order valence-electron chi connectivity index (χ0n) is 10.3. The smallest absolute Gasteiger partial charge is 0.0653 e. The Morgan fingerprint density at radius 2 is 1.07 bits per heavy atom. The van der Waals surface area contributed by atoms with Crippen LogP contribution in [0.1, 0.15) is 77.0 Å². The van der Waals surface area contributed by atoms with Crippen molar-refractivity contribution in [3.8, 4) is 0 Å². The zero-order valence-corrected chi connectivity index (χ0v) is 10.3. The van der Waals surface area contributed by atoms with Crippen molar-refractivity contribution in [2.45, 2.75) is 83.4 Å². The van der Waals surface area contributed by atoms with Gasteiger partial charge in [-0.25, -0.2) is 0 Å². The van der Waals surface area contributed by atoms with Gasteiger partial charge in [0.25, 0.3) is 0 Å². The second kappa shape index (κ2) is 9.30. The number of hydrogen-bond acceptors (Lipinski definition) is 0. The number of rotatable bonds is 2. The van der Waals surface area contributed by atoms with Gasteiger partial charge in [0.1, 0.15) is 0 Å². The van der Waals surface area contributed by atoms with E-state index in [0.29, 0.717) is 0 Å². The highest BCUT2D eigenvalue weighted by molar-refractivity contribution is 6.08. The first-order chi connectivity index (χ1) is 7.43. The maximum absolute atomic E-state index is 5.68. The molecule has 1 fully saturated rings. The summed E-state index contributed by atoms with van der Waals surface area (Å²) in [5.41, 5.74) is 0. The molecule has 0 amide bonds. The molecule has 0 N–H and O–H groups in total. The van der Waals surface area contributed by atoms with Crippen molar-refractivity contribution in [2.24, 2.45) is 5.92 Å². The summed E-state index contributed by atoms with van der Waals surface area (Å²) >= 11 is 0. The van der Waals surface area contributed by atoms with E-state index >= 15 is 0 Å². The Bertz CT molecular complexity index is 121. The van der Waals surface area contributed by atoms with Crippen LogP contribution < -0.4 is 0 Å². The van der Waals surface area contributed by atoms with E-state index in [1.165, 1.54) is 77.0 Å². The molecule has 1 aliphatic rings. The van der Waals surface area contributed by atoms with Crippen LogP contribution in [0.5, 0.6) is 0 Å². The largest absolute Gasteiger partial charge is 0.0884 e. The molecule has 86 valence electrons. The lowest BCUT2D eigenvalue weighted by molar-refractivity contribution is 0.385. The molecule has 0 nitrogen and oxygen atoms in total. The van der Waals surface area contributed by atoms with E-state index < -0.39 is 0 Å². The van der Waals surface area contributed by atoms with Crippen LogP contribution in [0.15, 0.2) is 0 Å². The predicted molar refractivity (Wildman–Crippen MR) is 69.5 cm³/mol. The quantitative estimate of drug-likeness (QED) is 0.564. The fraction of sp³-hybridized carbons (Fsp3) is 1.00. The highest BCUT2D eigenvalue weighted by Crippen LogP contribution is 2.24. The maximum Gasteiger partial charge on any atom is 0.0653 e. The third kappa shape index (κ3) is 7.03. The number of hydrogen-bond donors (Lipinski definition) is 0. The molecule has 1 rings (SSSR count). The van der Waals surface area contributed by atoms with Crippen molar-refractivity contribution in [3.05, 3.63) is 0 Å². The molecule has 0 heterocycles. The van der Waals surface area contributed by atoms with Gasteiger partial charge in [0.05, 0.1) is 7.85 Å². The van der Waals surface area contributed by atoms with Gasteiger partial charge in [0.2, 0.25) is 0 Å². The molecule has 2 radical (unpaired) electrons. The fourth-order valence-corrected chi connectivity index (χ4v) is 2.77. The molecule has 1 saturated carbocycles. The van der Waals surface area contributed by atoms with E-state index in [4.69, 9.17) is 7.85 Å². The van der Waals surface area contributed by atoms with E-state index in [0.717, 1.165) is 12.2 Å². The maximum atomic E-state index is 5.68. The molecule has 0 aromatic carbocycles. The minimum Gasteiger partial charge on any atom is -0.0884 e. The average molecular weight is 206 g/mol. The van der Waals surface area contributed by atoms with Crippen molar-refractivity contribution < 1.29 is 0 Å². The lowest BCUT2D eigenvalue weighted by Gasteiger charge is -2.16. The van der Waals surface area contributed by atoms with Gasteiger partial charge in [0, 0.05) is 0 Å². The third-order valence-corrected chi connectivity index (χ3v) is 3.80. The van der Waals surface area contributed by atoms with E-state index in [1.807, 2.05) is 0 Å². The van der Waals surface area contributed by atoms with E-state index in [1.54, 1.807) is 0 Å². The first-order valence-electron chi connectivity index (χ1n) is 7.13. The van der Waals surface area contributed by atoms with Gasteiger partial charge in [-0.3, -0.25) is 0 Å². The molecule has 0 unspecified atom stereocenters. The van der Waals surface area contributed by atoms with Crippen LogP contribution in [0.2, 0.25) is 6.32 Å². The average Bonchev–Trinajstić information content (AvgIpc) is 2.22. The van der Waals surface area contributed by atoms with Gasteiger partial charge in [-0.1, -0.05) is 83.4 Å². The zero-order chi connectivity index (χ0) is 10.8. The van der Waals surface area contributed by atoms with Crippen molar-refractivity contribution >= 4 is 7.85 Å². The summed E-state index contributed by atoms with van der Waals surface area (Å²) in [5.74, 6) is 0.939. The van der Waals surface area contributed by atoms with E-state index in [-0.39, 0.29) is 0 Å². The van der Waals surface area contributed by atoms with E-state index in [2.05, 4.69) is 0 Å². The van der Waals surface area contributed by atoms with Crippen LogP contribution >= 0.6 is 0 Å². The lowest BCUT2D eigenvalue weighted by Crippen LogP contribution is -2.01. The topological polar surface area (TPSA) is 0 Å². The second-order valence-corrected chi connectivity index (χ2v) is 5.20. The molecule has 1 aliphatic carbocycles. The van der Waals surface area contributed by atoms with Crippen molar-refractivity contribution in [2.75, 3.05) is 0 Å². The summed E-state index contributed by atoms with van der Waals surface area (Å²) in [6.45, 7) is 0. The molecule has 15 heavy (non-hydrogen) atoms. The minimum atomic E-state index is 0.894. The Morgan fingerprint density at radius 1 is 0.667 bits per heavy atom. The Balaban J connectivity index is 2.19. The molecular weight excluding hydrogens is 179 g/mol. The summed E-state index contributed by atoms with van der Waals surface area (Å²) in [4.78, 5) is 0. The summed E-state index contributed by atoms with van der Waals surface area (Å²) in [5, 5.41) is 0. The highest BCUT2D eigenvalue weighted by Gasteiger charge is 2.07. The SMILES string of the molecule is [B]CCC1CCCCCCCCCCC1. The molecular formula is C14H27B. The molecule has 0 atom stereocenters. The summed E-state index contributed by atoms with van der Waals surface area (Å²) in [6.07, 6.45) is 18.2. The summed E-state index contributed by atoms with van der Waals surface area (Å²) in [6, 6.07) is 0. The fourth-order valence-electron chi connectivity index (χ4n) is 2.77. The predicted octanol–water partition coefficient (Wildman–Crippen LogP) is 4.88. The monoisotopic (exact) mass is 206 g/mol. The van der Waals surface area contributed by atoms with Crippen LogP contribution in [-0.2, 0) is 0 Å². The van der Waals surface area contributed by atoms with Crippen LogP contribution in [0.3, 0.4) is 0 Å². The molecule has 1 heteroatoms. The minimum absolute atomic E-state index is 0.894. The van der Waals surface area contributed by atoms with Crippen molar-refractivity contribution in [1.29, 1.82) is 0 Å². The Kier molecular flexibility index (Phi) is 8.14. The first-order valence-corrected chi connectivity index (χ1v) is 7.13. The van der Waals surface area contributed by atoms with Crippen LogP contribution in [0.25, 0.3) is 0 Å². The van der Waals surface area contributed by atoms with Gasteiger partial charge in [0.15, 0.2) is 0 Å². The van der Waals surface area contributed by atoms with Gasteiger partial charge >= 0.3 is 0 Å². The molecule has 0 bridgehead atoms. The molecule has 0 aromatic heterocycles. The van der Waals surface area contributed by atoms with Gasteiger partial charge in [-0.05, 0) is 5.92 Å². The van der Waals surface area contributed by atoms with Crippen LogP contribution in [0.4, 0.5) is 0 Å². The van der Waals surface area contributed by atoms with Gasteiger partial charge in [-0.2, -0.15) is 0 Å². The molecule has 0 aromatic rings. The van der Waals surface area contributed by atoms with Crippen molar-refractivity contribution in [1.82, 2.24) is 0 Å². The van der Waals surface area contributed by atoms with Crippen molar-refractivity contribution in [3.63, 3.8) is 0 Å². The second-order valence-electron chi connectivity index (χ2n) is 5.20. The molecule has 0 spiro atoms. The van der Waals surface area contributed by atoms with Crippen LogP contribution in [-0.4, -0.2) is 7.85 Å². The van der Waals surface area contributed by atoms with E-state index in [9.17, 15) is 0 Å². The lowest BCUT2D eigenvalue weighted by atomic mass is 9.85.